The van der Waals surface area contributed by atoms with Crippen LogP contribution in [0.5, 0.6) is 5.95 Å². The van der Waals surface area contributed by atoms with Gasteiger partial charge in [0.05, 0.1) is 17.7 Å². The molecule has 6 nitrogen and oxygen atoms in total. The average Bonchev–Trinajstić information content (AvgIpc) is 3.24. The van der Waals surface area contributed by atoms with E-state index in [-0.39, 0.29) is 17.4 Å². The van der Waals surface area contributed by atoms with Crippen LogP contribution in [0.3, 0.4) is 0 Å². The fraction of sp³-hybridized carbons (Fsp3) is 0.0588. The van der Waals surface area contributed by atoms with Crippen LogP contribution in [0.25, 0.3) is 11.3 Å². The quantitative estimate of drug-likeness (QED) is 0.781. The minimum absolute atomic E-state index is 0.00263. The number of benzene rings is 1. The minimum Gasteiger partial charge on any atom is -0.468 e. The third-order valence-electron chi connectivity index (χ3n) is 3.74. The van der Waals surface area contributed by atoms with Crippen LogP contribution >= 0.6 is 0 Å². The van der Waals surface area contributed by atoms with Crippen molar-refractivity contribution in [3.05, 3.63) is 71.5 Å². The van der Waals surface area contributed by atoms with Crippen molar-refractivity contribution in [3.63, 3.8) is 0 Å². The molecule has 0 amide bonds. The summed E-state index contributed by atoms with van der Waals surface area (Å²) in [6, 6.07) is 15.2. The molecule has 0 aliphatic carbocycles. The van der Waals surface area contributed by atoms with E-state index in [9.17, 15) is 5.26 Å². The topological polar surface area (TPSA) is 98.2 Å². The van der Waals surface area contributed by atoms with Gasteiger partial charge in [0, 0.05) is 5.56 Å². The van der Waals surface area contributed by atoms with Gasteiger partial charge in [-0.2, -0.15) is 5.26 Å². The molecule has 0 fully saturated rings. The van der Waals surface area contributed by atoms with Crippen LogP contribution in [0, 0.1) is 11.3 Å². The Balaban J connectivity index is 1.96. The summed E-state index contributed by atoms with van der Waals surface area (Å²) in [6.45, 7) is 0. The molecule has 0 radical (unpaired) electrons. The maximum atomic E-state index is 9.49. The van der Waals surface area contributed by atoms with Crippen molar-refractivity contribution >= 4 is 0 Å². The Morgan fingerprint density at radius 3 is 2.65 bits per heavy atom. The Bertz CT molecular complexity index is 918. The SMILES string of the molecule is N#CC1=C(N)Oc2onc(-c3ccccc3)c2[C@@H]1c1ccco1. The molecule has 1 aliphatic heterocycles. The fourth-order valence-electron chi connectivity index (χ4n) is 2.72. The van der Waals surface area contributed by atoms with E-state index in [1.54, 1.807) is 18.4 Å². The molecule has 1 aliphatic rings. The van der Waals surface area contributed by atoms with Gasteiger partial charge in [0.2, 0.25) is 5.88 Å². The third-order valence-corrected chi connectivity index (χ3v) is 3.74. The summed E-state index contributed by atoms with van der Waals surface area (Å²) in [5.41, 5.74) is 8.22. The standard InChI is InChI=1S/C17H11N3O3/c18-9-11-13(12-7-4-8-21-12)14-15(10-5-2-1-3-6-10)20-23-17(14)22-16(11)19/h1-8,13H,19H2/t13-/m0/s1. The zero-order valence-corrected chi connectivity index (χ0v) is 11.9. The highest BCUT2D eigenvalue weighted by Gasteiger charge is 2.38. The van der Waals surface area contributed by atoms with E-state index >= 15 is 0 Å². The summed E-state index contributed by atoms with van der Waals surface area (Å²) in [5, 5.41) is 13.6. The lowest BCUT2D eigenvalue weighted by atomic mass is 9.87. The molecule has 4 rings (SSSR count). The largest absolute Gasteiger partial charge is 0.468 e. The van der Waals surface area contributed by atoms with Gasteiger partial charge in [0.25, 0.3) is 0 Å². The highest BCUT2D eigenvalue weighted by atomic mass is 16.6. The highest BCUT2D eigenvalue weighted by molar-refractivity contribution is 5.69. The third kappa shape index (κ3) is 1.99. The molecule has 3 aromatic rings. The monoisotopic (exact) mass is 305 g/mol. The molecular weight excluding hydrogens is 294 g/mol. The number of fused-ring (bicyclic) bond motifs is 1. The second kappa shape index (κ2) is 5.07. The summed E-state index contributed by atoms with van der Waals surface area (Å²) in [6.07, 6.45) is 1.55. The summed E-state index contributed by atoms with van der Waals surface area (Å²) < 4.78 is 16.2. The number of rotatable bonds is 2. The molecule has 0 saturated heterocycles. The number of furan rings is 1. The van der Waals surface area contributed by atoms with Crippen molar-refractivity contribution in [2.75, 3.05) is 0 Å². The van der Waals surface area contributed by atoms with Crippen LogP contribution in [-0.2, 0) is 0 Å². The van der Waals surface area contributed by atoms with Crippen molar-refractivity contribution in [1.29, 1.82) is 5.26 Å². The van der Waals surface area contributed by atoms with Crippen LogP contribution < -0.4 is 10.5 Å². The van der Waals surface area contributed by atoms with Gasteiger partial charge in [0.15, 0.2) is 0 Å². The van der Waals surface area contributed by atoms with E-state index in [1.165, 1.54) is 0 Å². The van der Waals surface area contributed by atoms with E-state index in [4.69, 9.17) is 19.4 Å². The number of nitrogens with zero attached hydrogens (tertiary/aromatic N) is 2. The normalized spacial score (nSPS) is 16.6. The van der Waals surface area contributed by atoms with Gasteiger partial charge in [-0.3, -0.25) is 0 Å². The van der Waals surface area contributed by atoms with Gasteiger partial charge in [-0.1, -0.05) is 35.5 Å². The Labute approximate surface area is 131 Å². The molecule has 1 atom stereocenters. The lowest BCUT2D eigenvalue weighted by molar-refractivity contribution is 0.253. The zero-order chi connectivity index (χ0) is 15.8. The van der Waals surface area contributed by atoms with E-state index in [1.807, 2.05) is 30.3 Å². The first-order valence-electron chi connectivity index (χ1n) is 6.95. The first-order chi connectivity index (χ1) is 11.3. The first kappa shape index (κ1) is 13.2. The highest BCUT2D eigenvalue weighted by Crippen LogP contribution is 2.46. The lowest BCUT2D eigenvalue weighted by Crippen LogP contribution is -2.20. The number of hydrogen-bond acceptors (Lipinski definition) is 6. The maximum Gasteiger partial charge on any atom is 0.322 e. The molecule has 0 unspecified atom stereocenters. The van der Waals surface area contributed by atoms with Crippen molar-refractivity contribution < 1.29 is 13.7 Å². The van der Waals surface area contributed by atoms with Gasteiger partial charge in [0.1, 0.15) is 23.1 Å². The summed E-state index contributed by atoms with van der Waals surface area (Å²) in [5.74, 6) is 0.244. The molecule has 6 heteroatoms. The fourth-order valence-corrected chi connectivity index (χ4v) is 2.72. The van der Waals surface area contributed by atoms with Crippen LogP contribution in [-0.4, -0.2) is 5.16 Å². The first-order valence-corrected chi connectivity index (χ1v) is 6.95. The second-order valence-electron chi connectivity index (χ2n) is 5.04. The Hall–Kier alpha value is -3.46. The molecule has 0 saturated carbocycles. The molecule has 0 bridgehead atoms. The van der Waals surface area contributed by atoms with Crippen molar-refractivity contribution in [3.8, 4) is 23.3 Å². The van der Waals surface area contributed by atoms with Gasteiger partial charge in [-0.25, -0.2) is 0 Å². The second-order valence-corrected chi connectivity index (χ2v) is 5.04. The number of nitriles is 1. The molecule has 112 valence electrons. The minimum atomic E-state index is -0.514. The smallest absolute Gasteiger partial charge is 0.322 e. The number of aromatic nitrogens is 1. The molecule has 0 spiro atoms. The number of ether oxygens (including phenoxy) is 1. The zero-order valence-electron chi connectivity index (χ0n) is 11.9. The average molecular weight is 305 g/mol. The molecule has 3 heterocycles. The lowest BCUT2D eigenvalue weighted by Gasteiger charge is -2.20. The van der Waals surface area contributed by atoms with E-state index in [2.05, 4.69) is 11.2 Å². The van der Waals surface area contributed by atoms with Crippen LogP contribution in [0.4, 0.5) is 0 Å². The Morgan fingerprint density at radius 1 is 1.13 bits per heavy atom. The predicted octanol–water partition coefficient (Wildman–Crippen LogP) is 3.15. The van der Waals surface area contributed by atoms with Gasteiger partial charge >= 0.3 is 5.95 Å². The van der Waals surface area contributed by atoms with Gasteiger partial charge in [-0.15, -0.1) is 0 Å². The number of hydrogen-bond donors (Lipinski definition) is 1. The molecule has 2 aromatic heterocycles. The number of allylic oxidation sites excluding steroid dienone is 1. The molecule has 2 N–H and O–H groups in total. The van der Waals surface area contributed by atoms with Crippen molar-refractivity contribution in [2.45, 2.75) is 5.92 Å². The van der Waals surface area contributed by atoms with E-state index < -0.39 is 5.92 Å². The van der Waals surface area contributed by atoms with Gasteiger partial charge < -0.3 is 19.4 Å². The van der Waals surface area contributed by atoms with E-state index in [0.717, 1.165) is 5.56 Å². The van der Waals surface area contributed by atoms with Crippen molar-refractivity contribution in [2.24, 2.45) is 5.73 Å². The Morgan fingerprint density at radius 2 is 1.96 bits per heavy atom. The van der Waals surface area contributed by atoms with Crippen LogP contribution in [0.2, 0.25) is 0 Å². The summed E-state index contributed by atoms with van der Waals surface area (Å²) >= 11 is 0. The maximum absolute atomic E-state index is 9.49. The molecule has 23 heavy (non-hydrogen) atoms. The van der Waals surface area contributed by atoms with Crippen LogP contribution in [0.15, 0.2) is 69.1 Å². The summed E-state index contributed by atoms with van der Waals surface area (Å²) in [4.78, 5) is 0. The van der Waals surface area contributed by atoms with E-state index in [0.29, 0.717) is 17.0 Å². The predicted molar refractivity (Wildman–Crippen MR) is 79.9 cm³/mol. The number of nitrogens with two attached hydrogens (primary N) is 1. The molecular formula is C17H11N3O3. The summed E-state index contributed by atoms with van der Waals surface area (Å²) in [7, 11) is 0. The van der Waals surface area contributed by atoms with Gasteiger partial charge in [-0.05, 0) is 12.1 Å². The Kier molecular flexibility index (Phi) is 2.91. The van der Waals surface area contributed by atoms with Crippen molar-refractivity contribution in [1.82, 2.24) is 5.16 Å². The van der Waals surface area contributed by atoms with Crippen LogP contribution in [0.1, 0.15) is 17.2 Å². The molecule has 1 aromatic carbocycles.